The van der Waals surface area contributed by atoms with Crippen LogP contribution in [-0.2, 0) is 16.2 Å². The molecule has 0 bridgehead atoms. The number of hydrogen-bond acceptors (Lipinski definition) is 0. The summed E-state index contributed by atoms with van der Waals surface area (Å²) >= 11 is 0. The van der Waals surface area contributed by atoms with Gasteiger partial charge in [0.2, 0.25) is 0 Å². The van der Waals surface area contributed by atoms with Crippen LogP contribution in [0.3, 0.4) is 0 Å². The van der Waals surface area contributed by atoms with Crippen LogP contribution in [0, 0.1) is 12.8 Å². The van der Waals surface area contributed by atoms with Gasteiger partial charge in [0.05, 0.1) is 0 Å². The first-order valence-electron chi connectivity index (χ1n) is 16.4. The topological polar surface area (TPSA) is 0 Å². The third kappa shape index (κ3) is 4.92. The molecule has 4 aliphatic rings. The Labute approximate surface area is 261 Å². The van der Waals surface area contributed by atoms with Gasteiger partial charge in [0.1, 0.15) is 0 Å². The van der Waals surface area contributed by atoms with Gasteiger partial charge in [-0.1, -0.05) is 151 Å². The highest BCUT2D eigenvalue weighted by Gasteiger charge is 2.50. The van der Waals surface area contributed by atoms with Gasteiger partial charge in [-0.2, -0.15) is 0 Å². The van der Waals surface area contributed by atoms with Crippen LogP contribution in [-0.4, -0.2) is 0 Å². The monoisotopic (exact) mass is 566 g/mol. The average Bonchev–Trinajstić information content (AvgIpc) is 3.36. The molecule has 3 aromatic carbocycles. The molecule has 0 nitrogen and oxygen atoms in total. The number of allylic oxidation sites excluding steroid dienone is 7. The summed E-state index contributed by atoms with van der Waals surface area (Å²) in [5.41, 5.74) is 16.5. The largest absolute Gasteiger partial charge is 0.0912 e. The second-order valence-electron chi connectivity index (χ2n) is 15.4. The molecule has 4 aliphatic carbocycles. The zero-order valence-electron chi connectivity index (χ0n) is 27.8. The van der Waals surface area contributed by atoms with E-state index < -0.39 is 0 Å². The first-order chi connectivity index (χ1) is 20.3. The van der Waals surface area contributed by atoms with E-state index in [4.69, 9.17) is 6.58 Å². The summed E-state index contributed by atoms with van der Waals surface area (Å²) in [5.74, 6) is 1.22. The van der Waals surface area contributed by atoms with E-state index >= 15 is 0 Å². The van der Waals surface area contributed by atoms with Crippen LogP contribution >= 0.6 is 0 Å². The van der Waals surface area contributed by atoms with Gasteiger partial charge in [-0.25, -0.2) is 0 Å². The maximum atomic E-state index is 4.90. The highest BCUT2D eigenvalue weighted by molar-refractivity contribution is 5.90. The lowest BCUT2D eigenvalue weighted by molar-refractivity contribution is 0.316. The van der Waals surface area contributed by atoms with Crippen molar-refractivity contribution >= 4 is 5.57 Å². The second-order valence-corrected chi connectivity index (χ2v) is 15.4. The number of fused-ring (bicyclic) bond motifs is 6. The molecule has 222 valence electrons. The van der Waals surface area contributed by atoms with Crippen LogP contribution in [0.2, 0.25) is 0 Å². The minimum absolute atomic E-state index is 0.0548. The molecule has 0 saturated carbocycles. The summed E-state index contributed by atoms with van der Waals surface area (Å²) in [6, 6.07) is 26.8. The maximum Gasteiger partial charge on any atom is 0.0164 e. The summed E-state index contributed by atoms with van der Waals surface area (Å²) in [6.45, 7) is 23.8. The fraction of sp³-hybridized carbons (Fsp3) is 0.395. The van der Waals surface area contributed by atoms with Gasteiger partial charge in [0, 0.05) is 5.41 Å². The van der Waals surface area contributed by atoms with Gasteiger partial charge in [0.15, 0.2) is 0 Å². The predicted octanol–water partition coefficient (Wildman–Crippen LogP) is 11.7. The lowest BCUT2D eigenvalue weighted by Gasteiger charge is -2.40. The number of benzene rings is 3. The lowest BCUT2D eigenvalue weighted by Crippen LogP contribution is -2.31. The van der Waals surface area contributed by atoms with Crippen molar-refractivity contribution in [2.75, 3.05) is 0 Å². The van der Waals surface area contributed by atoms with Crippen molar-refractivity contribution in [2.24, 2.45) is 5.92 Å². The zero-order valence-corrected chi connectivity index (χ0v) is 27.8. The van der Waals surface area contributed by atoms with Crippen molar-refractivity contribution in [2.45, 2.75) is 103 Å². The van der Waals surface area contributed by atoms with Crippen molar-refractivity contribution in [3.8, 4) is 0 Å². The van der Waals surface area contributed by atoms with Gasteiger partial charge >= 0.3 is 0 Å². The molecule has 0 radical (unpaired) electrons. The second kappa shape index (κ2) is 10.7. The Morgan fingerprint density at radius 3 is 2.19 bits per heavy atom. The highest BCUT2D eigenvalue weighted by atomic mass is 14.5. The van der Waals surface area contributed by atoms with Crippen LogP contribution in [0.25, 0.3) is 5.57 Å². The summed E-state index contributed by atoms with van der Waals surface area (Å²) in [4.78, 5) is 0. The fourth-order valence-electron chi connectivity index (χ4n) is 8.76. The summed E-state index contributed by atoms with van der Waals surface area (Å²) in [7, 11) is 0. The van der Waals surface area contributed by atoms with Crippen molar-refractivity contribution in [3.05, 3.63) is 147 Å². The van der Waals surface area contributed by atoms with E-state index in [9.17, 15) is 0 Å². The molecule has 0 amide bonds. The normalized spacial score (nSPS) is 23.9. The Hall–Kier alpha value is -3.38. The van der Waals surface area contributed by atoms with E-state index in [1.165, 1.54) is 45.4 Å². The van der Waals surface area contributed by atoms with E-state index in [1.54, 1.807) is 22.3 Å². The molecule has 0 saturated heterocycles. The van der Waals surface area contributed by atoms with Gasteiger partial charge in [-0.05, 0) is 105 Å². The molecule has 0 fully saturated rings. The summed E-state index contributed by atoms with van der Waals surface area (Å²) in [6.07, 6.45) is 9.51. The van der Waals surface area contributed by atoms with E-state index in [2.05, 4.69) is 122 Å². The van der Waals surface area contributed by atoms with Crippen LogP contribution in [0.1, 0.15) is 113 Å². The van der Waals surface area contributed by atoms with Crippen molar-refractivity contribution < 1.29 is 0 Å². The number of aryl methyl sites for hydroxylation is 1. The molecule has 3 aromatic rings. The van der Waals surface area contributed by atoms with Gasteiger partial charge in [-0.15, -0.1) is 0 Å². The van der Waals surface area contributed by atoms with E-state index in [0.717, 1.165) is 19.3 Å². The van der Waals surface area contributed by atoms with Crippen LogP contribution < -0.4 is 0 Å². The maximum absolute atomic E-state index is 4.90. The third-order valence-electron chi connectivity index (χ3n) is 10.9. The first kappa shape index (κ1) is 29.7. The first-order valence-corrected chi connectivity index (χ1v) is 16.4. The molecular formula is C43H50. The molecule has 2 unspecified atom stereocenters. The van der Waals surface area contributed by atoms with Gasteiger partial charge in [0.25, 0.3) is 0 Å². The van der Waals surface area contributed by atoms with E-state index in [1.807, 2.05) is 18.2 Å². The Kier molecular flexibility index (Phi) is 7.36. The molecule has 2 atom stereocenters. The van der Waals surface area contributed by atoms with Gasteiger partial charge in [-0.3, -0.25) is 0 Å². The predicted molar refractivity (Wildman–Crippen MR) is 186 cm³/mol. The van der Waals surface area contributed by atoms with E-state index in [0.29, 0.717) is 11.8 Å². The Balaban J connectivity index is 0.000000415. The number of rotatable bonds is 0. The minimum atomic E-state index is -0.0548. The standard InChI is InChI=1S/C36H42.C7H8/c1-22-24-19-20-29-25-13-11-12-16-30(25)35(5,6)33(29)27(24)14-9-10-15-28-26-18-17-23(34(2,3)4)21-31(26)36(7,8)32(22)28;1-7-5-3-2-4-6-7/h10-13,15-18,21,29,33H,1,9,14,19-20H2,2-8H3;2-6H,1H3/b15-10-;. The van der Waals surface area contributed by atoms with E-state index in [-0.39, 0.29) is 16.2 Å². The van der Waals surface area contributed by atoms with Crippen molar-refractivity contribution in [3.63, 3.8) is 0 Å². The van der Waals surface area contributed by atoms with Crippen LogP contribution in [0.5, 0.6) is 0 Å². The molecule has 43 heavy (non-hydrogen) atoms. The number of hydrogen-bond donors (Lipinski definition) is 0. The zero-order chi connectivity index (χ0) is 30.7. The molecule has 0 heteroatoms. The molecule has 0 N–H and O–H groups in total. The Morgan fingerprint density at radius 1 is 0.814 bits per heavy atom. The Bertz CT molecular complexity index is 1660. The molecular weight excluding hydrogens is 516 g/mol. The smallest absolute Gasteiger partial charge is 0.0164 e. The van der Waals surface area contributed by atoms with Crippen LogP contribution in [0.4, 0.5) is 0 Å². The quantitative estimate of drug-likeness (QED) is 0.254. The van der Waals surface area contributed by atoms with Gasteiger partial charge < -0.3 is 0 Å². The Morgan fingerprint density at radius 2 is 1.51 bits per heavy atom. The summed E-state index contributed by atoms with van der Waals surface area (Å²) < 4.78 is 0. The molecule has 0 aromatic heterocycles. The molecule has 7 rings (SSSR count). The fourth-order valence-corrected chi connectivity index (χ4v) is 8.76. The average molecular weight is 567 g/mol. The minimum Gasteiger partial charge on any atom is -0.0912 e. The molecule has 0 aliphatic heterocycles. The van der Waals surface area contributed by atoms with Crippen molar-refractivity contribution in [1.29, 1.82) is 0 Å². The SMILES string of the molecule is C=C1C2=C(CC/C=C\C3=C1C(C)(C)c1cc(C(C)(C)C)ccc13)C1C(CC2)c2ccccc2C1(C)C.Cc1ccccc1. The molecule has 0 spiro atoms. The van der Waals surface area contributed by atoms with Crippen molar-refractivity contribution in [1.82, 2.24) is 0 Å². The third-order valence-corrected chi connectivity index (χ3v) is 10.9. The highest BCUT2D eigenvalue weighted by Crippen LogP contribution is 2.61. The lowest BCUT2D eigenvalue weighted by atomic mass is 9.63. The summed E-state index contributed by atoms with van der Waals surface area (Å²) in [5, 5.41) is 0. The molecule has 0 heterocycles. The van der Waals surface area contributed by atoms with Crippen LogP contribution in [0.15, 0.2) is 114 Å².